The Morgan fingerprint density at radius 2 is 1.70 bits per heavy atom. The molecule has 3 aromatic rings. The Labute approximate surface area is 237 Å². The molecule has 3 aromatic carbocycles. The average molecular weight is 545 g/mol. The van der Waals surface area contributed by atoms with Crippen LogP contribution in [-0.2, 0) is 17.8 Å². The molecular formula is C32H40N4O4. The minimum Gasteiger partial charge on any atom is -0.497 e. The van der Waals surface area contributed by atoms with E-state index in [1.54, 1.807) is 43.4 Å². The number of nitrogens with one attached hydrogen (secondary N) is 1. The van der Waals surface area contributed by atoms with Crippen molar-refractivity contribution in [2.75, 3.05) is 40.4 Å². The quantitative estimate of drug-likeness (QED) is 0.362. The van der Waals surface area contributed by atoms with Gasteiger partial charge in [0.2, 0.25) is 5.91 Å². The lowest BCUT2D eigenvalue weighted by Gasteiger charge is -2.43. The second-order valence-corrected chi connectivity index (χ2v) is 10.1. The molecule has 2 atom stereocenters. The summed E-state index contributed by atoms with van der Waals surface area (Å²) in [6.45, 7) is 2.76. The van der Waals surface area contributed by atoms with Gasteiger partial charge in [0.1, 0.15) is 17.5 Å². The molecule has 1 aliphatic heterocycles. The Morgan fingerprint density at radius 1 is 0.950 bits per heavy atom. The second kappa shape index (κ2) is 14.5. The van der Waals surface area contributed by atoms with Crippen molar-refractivity contribution < 1.29 is 19.1 Å². The van der Waals surface area contributed by atoms with Crippen molar-refractivity contribution in [1.29, 1.82) is 0 Å². The summed E-state index contributed by atoms with van der Waals surface area (Å²) in [5.41, 5.74) is 8.62. The van der Waals surface area contributed by atoms with Crippen molar-refractivity contribution in [2.45, 2.75) is 37.9 Å². The predicted molar refractivity (Wildman–Crippen MR) is 156 cm³/mol. The van der Waals surface area contributed by atoms with Gasteiger partial charge < -0.3 is 25.4 Å². The van der Waals surface area contributed by atoms with E-state index in [0.29, 0.717) is 37.4 Å². The molecular weight excluding hydrogens is 504 g/mol. The zero-order valence-electron chi connectivity index (χ0n) is 23.4. The van der Waals surface area contributed by atoms with Crippen molar-refractivity contribution in [1.82, 2.24) is 15.1 Å². The molecule has 0 radical (unpaired) electrons. The smallest absolute Gasteiger partial charge is 0.254 e. The molecule has 212 valence electrons. The summed E-state index contributed by atoms with van der Waals surface area (Å²) in [7, 11) is 3.24. The van der Waals surface area contributed by atoms with E-state index < -0.39 is 6.04 Å². The minimum absolute atomic E-state index is 0.119. The van der Waals surface area contributed by atoms with Crippen molar-refractivity contribution in [2.24, 2.45) is 5.73 Å². The van der Waals surface area contributed by atoms with Crippen LogP contribution in [0.15, 0.2) is 78.9 Å². The normalized spacial score (nSPS) is 16.9. The number of amides is 2. The number of piperidine rings is 1. The fraction of sp³-hybridized carbons (Fsp3) is 0.375. The van der Waals surface area contributed by atoms with Crippen molar-refractivity contribution in [3.05, 3.63) is 95.6 Å². The summed E-state index contributed by atoms with van der Waals surface area (Å²) >= 11 is 0. The van der Waals surface area contributed by atoms with Gasteiger partial charge in [0.15, 0.2) is 0 Å². The van der Waals surface area contributed by atoms with Crippen LogP contribution in [0.5, 0.6) is 11.5 Å². The first-order valence-electron chi connectivity index (χ1n) is 13.9. The molecule has 3 N–H and O–H groups in total. The van der Waals surface area contributed by atoms with Gasteiger partial charge in [0.25, 0.3) is 5.91 Å². The number of benzene rings is 3. The number of hydrogen-bond acceptors (Lipinski definition) is 6. The summed E-state index contributed by atoms with van der Waals surface area (Å²) in [6.07, 6.45) is 2.20. The Bertz CT molecular complexity index is 1240. The molecule has 0 saturated carbocycles. The van der Waals surface area contributed by atoms with Gasteiger partial charge in [-0.1, -0.05) is 48.5 Å². The molecule has 0 bridgehead atoms. The van der Waals surface area contributed by atoms with Crippen LogP contribution in [0.3, 0.4) is 0 Å². The molecule has 0 aliphatic carbocycles. The molecule has 40 heavy (non-hydrogen) atoms. The SMILES string of the molecule is COc1ccc(CN(CCc2ccccc2)C2CCN(C(=O)c3cccc(OC)c3)[C@@H](C(=O)NCCN)C2)cc1. The number of likely N-dealkylation sites (tertiary alicyclic amines) is 1. The third-order valence-electron chi connectivity index (χ3n) is 7.49. The fourth-order valence-electron chi connectivity index (χ4n) is 5.28. The van der Waals surface area contributed by atoms with Crippen LogP contribution >= 0.6 is 0 Å². The van der Waals surface area contributed by atoms with E-state index in [-0.39, 0.29) is 17.9 Å². The van der Waals surface area contributed by atoms with Crippen LogP contribution in [0.2, 0.25) is 0 Å². The highest BCUT2D eigenvalue weighted by molar-refractivity contribution is 5.98. The van der Waals surface area contributed by atoms with Crippen molar-refractivity contribution in [3.63, 3.8) is 0 Å². The molecule has 8 nitrogen and oxygen atoms in total. The second-order valence-electron chi connectivity index (χ2n) is 10.1. The lowest BCUT2D eigenvalue weighted by atomic mass is 9.93. The molecule has 1 fully saturated rings. The number of carbonyl (C=O) groups is 2. The first-order valence-corrected chi connectivity index (χ1v) is 13.9. The highest BCUT2D eigenvalue weighted by Crippen LogP contribution is 2.27. The molecule has 1 heterocycles. The maximum absolute atomic E-state index is 13.6. The van der Waals surface area contributed by atoms with Crippen LogP contribution in [0, 0.1) is 0 Å². The zero-order valence-corrected chi connectivity index (χ0v) is 23.4. The van der Waals surface area contributed by atoms with E-state index in [1.807, 2.05) is 18.2 Å². The van der Waals surface area contributed by atoms with E-state index in [2.05, 4.69) is 46.6 Å². The summed E-state index contributed by atoms with van der Waals surface area (Å²) in [5.74, 6) is 1.09. The highest BCUT2D eigenvalue weighted by Gasteiger charge is 2.38. The summed E-state index contributed by atoms with van der Waals surface area (Å²) < 4.78 is 10.7. The van der Waals surface area contributed by atoms with Crippen LogP contribution in [0.1, 0.15) is 34.3 Å². The molecule has 1 unspecified atom stereocenters. The van der Waals surface area contributed by atoms with E-state index in [9.17, 15) is 9.59 Å². The number of rotatable bonds is 12. The number of ether oxygens (including phenoxy) is 2. The highest BCUT2D eigenvalue weighted by atomic mass is 16.5. The van der Waals surface area contributed by atoms with Gasteiger partial charge in [-0.05, 0) is 60.7 Å². The lowest BCUT2D eigenvalue weighted by Crippen LogP contribution is -2.57. The summed E-state index contributed by atoms with van der Waals surface area (Å²) in [4.78, 5) is 31.2. The molecule has 1 saturated heterocycles. The van der Waals surface area contributed by atoms with Gasteiger partial charge in [0, 0.05) is 44.3 Å². The topological polar surface area (TPSA) is 97.1 Å². The molecule has 8 heteroatoms. The van der Waals surface area contributed by atoms with E-state index in [4.69, 9.17) is 15.2 Å². The Balaban J connectivity index is 1.57. The Hall–Kier alpha value is -3.88. The van der Waals surface area contributed by atoms with Gasteiger partial charge in [-0.2, -0.15) is 0 Å². The van der Waals surface area contributed by atoms with Gasteiger partial charge in [-0.25, -0.2) is 0 Å². The van der Waals surface area contributed by atoms with Crippen LogP contribution in [0.25, 0.3) is 0 Å². The molecule has 1 aliphatic rings. The van der Waals surface area contributed by atoms with Crippen LogP contribution < -0.4 is 20.5 Å². The predicted octanol–water partition coefficient (Wildman–Crippen LogP) is 3.50. The van der Waals surface area contributed by atoms with Crippen LogP contribution in [-0.4, -0.2) is 74.1 Å². The fourth-order valence-corrected chi connectivity index (χ4v) is 5.28. The van der Waals surface area contributed by atoms with E-state index >= 15 is 0 Å². The molecule has 0 spiro atoms. The largest absolute Gasteiger partial charge is 0.497 e. The molecule has 2 amide bonds. The van der Waals surface area contributed by atoms with Gasteiger partial charge in [0.05, 0.1) is 14.2 Å². The monoisotopic (exact) mass is 544 g/mol. The number of hydrogen-bond donors (Lipinski definition) is 2. The number of nitrogens with two attached hydrogens (primary N) is 1. The summed E-state index contributed by atoms with van der Waals surface area (Å²) in [6, 6.07) is 25.2. The number of carbonyl (C=O) groups excluding carboxylic acids is 2. The first kappa shape index (κ1) is 29.1. The van der Waals surface area contributed by atoms with E-state index in [1.165, 1.54) is 11.1 Å². The van der Waals surface area contributed by atoms with Gasteiger partial charge in [-0.3, -0.25) is 14.5 Å². The number of nitrogens with zero attached hydrogens (tertiary/aromatic N) is 2. The van der Waals surface area contributed by atoms with E-state index in [0.717, 1.165) is 31.7 Å². The lowest BCUT2D eigenvalue weighted by molar-refractivity contribution is -0.127. The zero-order chi connectivity index (χ0) is 28.3. The Kier molecular flexibility index (Phi) is 10.5. The first-order chi connectivity index (χ1) is 19.5. The third kappa shape index (κ3) is 7.61. The molecule has 0 aromatic heterocycles. The van der Waals surface area contributed by atoms with Gasteiger partial charge in [-0.15, -0.1) is 0 Å². The Morgan fingerprint density at radius 3 is 2.40 bits per heavy atom. The average Bonchev–Trinajstić information content (AvgIpc) is 3.02. The van der Waals surface area contributed by atoms with Crippen LogP contribution in [0.4, 0.5) is 0 Å². The van der Waals surface area contributed by atoms with Crippen molar-refractivity contribution >= 4 is 11.8 Å². The standard InChI is InChI=1S/C32H40N4O4/c1-39-28-13-11-25(12-14-28)23-35(19-15-24-7-4-3-5-8-24)27-16-20-36(30(22-27)31(37)34-18-17-33)32(38)26-9-6-10-29(21-26)40-2/h3-14,21,27,30H,15-20,22-23,33H2,1-2H3,(H,34,37)/t27?,30-/m1/s1. The number of methoxy groups -OCH3 is 2. The van der Waals surface area contributed by atoms with Crippen molar-refractivity contribution in [3.8, 4) is 11.5 Å². The maximum Gasteiger partial charge on any atom is 0.254 e. The third-order valence-corrected chi connectivity index (χ3v) is 7.49. The maximum atomic E-state index is 13.6. The molecule has 4 rings (SSSR count). The van der Waals surface area contributed by atoms with Gasteiger partial charge >= 0.3 is 0 Å². The minimum atomic E-state index is -0.598. The summed E-state index contributed by atoms with van der Waals surface area (Å²) in [5, 5.41) is 2.93.